The fraction of sp³-hybridized carbons (Fsp3) is 0.462. The molecule has 0 aliphatic carbocycles. The highest BCUT2D eigenvalue weighted by atomic mass is 35.5. The number of halogens is 1. The zero-order valence-corrected chi connectivity index (χ0v) is 11.6. The number of carbonyl (C=O) groups excluding carboxylic acids is 1. The highest BCUT2D eigenvalue weighted by Gasteiger charge is 2.17. The molecule has 1 aromatic carbocycles. The van der Waals surface area contributed by atoms with E-state index in [2.05, 4.69) is 5.32 Å². The smallest absolute Gasteiger partial charge is 0.237 e. The molecule has 5 heteroatoms. The van der Waals surface area contributed by atoms with E-state index >= 15 is 0 Å². The minimum atomic E-state index is -0.497. The normalized spacial score (nSPS) is 12.3. The van der Waals surface area contributed by atoms with Crippen LogP contribution in [-0.4, -0.2) is 19.1 Å². The van der Waals surface area contributed by atoms with Crippen molar-refractivity contribution in [3.8, 4) is 5.75 Å². The molecule has 0 bridgehead atoms. The van der Waals surface area contributed by atoms with Gasteiger partial charge in [-0.3, -0.25) is 4.79 Å². The summed E-state index contributed by atoms with van der Waals surface area (Å²) < 4.78 is 5.20. The van der Waals surface area contributed by atoms with E-state index in [1.807, 2.05) is 19.9 Å². The van der Waals surface area contributed by atoms with Crippen molar-refractivity contribution in [2.75, 3.05) is 7.11 Å². The van der Waals surface area contributed by atoms with Gasteiger partial charge in [-0.1, -0.05) is 31.5 Å². The number of hydrogen-bond acceptors (Lipinski definition) is 3. The first-order chi connectivity index (χ1) is 8.45. The summed E-state index contributed by atoms with van der Waals surface area (Å²) in [5.74, 6) is 0.597. The molecule has 0 unspecified atom stereocenters. The molecular formula is C13H19ClN2O2. The molecule has 1 atom stereocenters. The number of methoxy groups -OCH3 is 1. The molecule has 1 rings (SSSR count). The fourth-order valence-electron chi connectivity index (χ4n) is 1.47. The van der Waals surface area contributed by atoms with E-state index in [1.54, 1.807) is 19.2 Å². The van der Waals surface area contributed by atoms with Crippen molar-refractivity contribution in [1.82, 2.24) is 5.32 Å². The lowest BCUT2D eigenvalue weighted by atomic mass is 10.0. The lowest BCUT2D eigenvalue weighted by Crippen LogP contribution is -2.43. The van der Waals surface area contributed by atoms with Crippen LogP contribution in [0.5, 0.6) is 5.75 Å². The molecular weight excluding hydrogens is 252 g/mol. The molecule has 1 aromatic rings. The maximum Gasteiger partial charge on any atom is 0.237 e. The number of carbonyl (C=O) groups is 1. The predicted octanol–water partition coefficient (Wildman–Crippen LogP) is 1.95. The summed E-state index contributed by atoms with van der Waals surface area (Å²) in [5.41, 5.74) is 6.62. The van der Waals surface area contributed by atoms with Gasteiger partial charge in [0.05, 0.1) is 13.2 Å². The van der Waals surface area contributed by atoms with E-state index in [0.717, 1.165) is 5.56 Å². The molecule has 1 amide bonds. The van der Waals surface area contributed by atoms with Crippen LogP contribution in [0.3, 0.4) is 0 Å². The molecule has 4 nitrogen and oxygen atoms in total. The lowest BCUT2D eigenvalue weighted by molar-refractivity contribution is -0.123. The third kappa shape index (κ3) is 3.89. The van der Waals surface area contributed by atoms with E-state index in [9.17, 15) is 4.79 Å². The SMILES string of the molecule is COc1cc(Cl)ccc1CNC(=O)[C@@H](N)C(C)C. The number of benzene rings is 1. The van der Waals surface area contributed by atoms with Crippen LogP contribution in [0.1, 0.15) is 19.4 Å². The Morgan fingerprint density at radius 2 is 2.17 bits per heavy atom. The van der Waals surface area contributed by atoms with Gasteiger partial charge in [0.25, 0.3) is 0 Å². The van der Waals surface area contributed by atoms with Crippen LogP contribution in [0.4, 0.5) is 0 Å². The summed E-state index contributed by atoms with van der Waals surface area (Å²) in [6.45, 7) is 4.19. The van der Waals surface area contributed by atoms with Crippen molar-refractivity contribution >= 4 is 17.5 Å². The standard InChI is InChI=1S/C13H19ClN2O2/c1-8(2)12(15)13(17)16-7-9-4-5-10(14)6-11(9)18-3/h4-6,8,12H,7,15H2,1-3H3,(H,16,17)/t12-/m0/s1. The Labute approximate surface area is 112 Å². The quantitative estimate of drug-likeness (QED) is 0.860. The molecule has 0 radical (unpaired) electrons. The van der Waals surface area contributed by atoms with Crippen molar-refractivity contribution < 1.29 is 9.53 Å². The van der Waals surface area contributed by atoms with E-state index in [-0.39, 0.29) is 11.8 Å². The average molecular weight is 271 g/mol. The molecule has 0 fully saturated rings. The number of nitrogens with one attached hydrogen (secondary N) is 1. The van der Waals surface area contributed by atoms with Gasteiger partial charge < -0.3 is 15.8 Å². The second-order valence-electron chi connectivity index (χ2n) is 4.44. The molecule has 0 heterocycles. The summed E-state index contributed by atoms with van der Waals surface area (Å²) in [6.07, 6.45) is 0. The molecule has 0 aromatic heterocycles. The third-order valence-electron chi connectivity index (χ3n) is 2.72. The van der Waals surface area contributed by atoms with E-state index in [4.69, 9.17) is 22.1 Å². The first-order valence-electron chi connectivity index (χ1n) is 5.81. The lowest BCUT2D eigenvalue weighted by Gasteiger charge is -2.16. The Bertz CT molecular complexity index is 421. The van der Waals surface area contributed by atoms with Crippen molar-refractivity contribution in [2.24, 2.45) is 11.7 Å². The number of nitrogens with two attached hydrogens (primary N) is 1. The van der Waals surface area contributed by atoms with Gasteiger partial charge in [0.1, 0.15) is 5.75 Å². The average Bonchev–Trinajstić information content (AvgIpc) is 2.35. The molecule has 0 aliphatic rings. The van der Waals surface area contributed by atoms with Crippen molar-refractivity contribution in [3.63, 3.8) is 0 Å². The minimum absolute atomic E-state index is 0.108. The highest BCUT2D eigenvalue weighted by Crippen LogP contribution is 2.22. The van der Waals surface area contributed by atoms with Crippen LogP contribution in [0, 0.1) is 5.92 Å². The molecule has 0 saturated heterocycles. The zero-order chi connectivity index (χ0) is 13.7. The van der Waals surface area contributed by atoms with Gasteiger partial charge >= 0.3 is 0 Å². The molecule has 3 N–H and O–H groups in total. The Morgan fingerprint density at radius 1 is 1.50 bits per heavy atom. The maximum absolute atomic E-state index is 11.7. The van der Waals surface area contributed by atoms with E-state index in [0.29, 0.717) is 17.3 Å². The Morgan fingerprint density at radius 3 is 2.72 bits per heavy atom. The van der Waals surface area contributed by atoms with Crippen LogP contribution in [0.15, 0.2) is 18.2 Å². The van der Waals surface area contributed by atoms with Gasteiger partial charge in [-0.15, -0.1) is 0 Å². The maximum atomic E-state index is 11.7. The van der Waals surface area contributed by atoms with Gasteiger partial charge in [0.2, 0.25) is 5.91 Å². The van der Waals surface area contributed by atoms with Crippen molar-refractivity contribution in [3.05, 3.63) is 28.8 Å². The summed E-state index contributed by atoms with van der Waals surface area (Å²) >= 11 is 5.86. The third-order valence-corrected chi connectivity index (χ3v) is 2.96. The Kier molecular flexibility index (Phi) is 5.44. The van der Waals surface area contributed by atoms with Crippen LogP contribution in [0.25, 0.3) is 0 Å². The van der Waals surface area contributed by atoms with Gasteiger partial charge in [0, 0.05) is 17.1 Å². The van der Waals surface area contributed by atoms with E-state index < -0.39 is 6.04 Å². The molecule has 0 spiro atoms. The van der Waals surface area contributed by atoms with Gasteiger partial charge in [-0.2, -0.15) is 0 Å². The minimum Gasteiger partial charge on any atom is -0.496 e. The summed E-state index contributed by atoms with van der Waals surface area (Å²) in [7, 11) is 1.57. The topological polar surface area (TPSA) is 64.3 Å². The molecule has 0 aliphatic heterocycles. The number of amides is 1. The number of hydrogen-bond donors (Lipinski definition) is 2. The highest BCUT2D eigenvalue weighted by molar-refractivity contribution is 6.30. The van der Waals surface area contributed by atoms with Crippen LogP contribution in [-0.2, 0) is 11.3 Å². The first-order valence-corrected chi connectivity index (χ1v) is 6.19. The second kappa shape index (κ2) is 6.61. The van der Waals surface area contributed by atoms with Gasteiger partial charge in [-0.25, -0.2) is 0 Å². The first kappa shape index (κ1) is 14.8. The number of ether oxygens (including phenoxy) is 1. The zero-order valence-electron chi connectivity index (χ0n) is 10.9. The van der Waals surface area contributed by atoms with E-state index in [1.165, 1.54) is 0 Å². The largest absolute Gasteiger partial charge is 0.496 e. The Balaban J connectivity index is 2.66. The van der Waals surface area contributed by atoms with Crippen LogP contribution in [0.2, 0.25) is 5.02 Å². The summed E-state index contributed by atoms with van der Waals surface area (Å²) in [4.78, 5) is 11.7. The monoisotopic (exact) mass is 270 g/mol. The van der Waals surface area contributed by atoms with Crippen LogP contribution < -0.4 is 15.8 Å². The van der Waals surface area contributed by atoms with Crippen molar-refractivity contribution in [1.29, 1.82) is 0 Å². The summed E-state index contributed by atoms with van der Waals surface area (Å²) in [6, 6.07) is 4.80. The predicted molar refractivity (Wildman–Crippen MR) is 72.7 cm³/mol. The molecule has 100 valence electrons. The van der Waals surface area contributed by atoms with Gasteiger partial charge in [0.15, 0.2) is 0 Å². The second-order valence-corrected chi connectivity index (χ2v) is 4.88. The van der Waals surface area contributed by atoms with Crippen LogP contribution >= 0.6 is 11.6 Å². The van der Waals surface area contributed by atoms with Gasteiger partial charge in [-0.05, 0) is 18.1 Å². The fourth-order valence-corrected chi connectivity index (χ4v) is 1.63. The number of rotatable bonds is 5. The molecule has 0 saturated carbocycles. The Hall–Kier alpha value is -1.26. The van der Waals surface area contributed by atoms with Crippen molar-refractivity contribution in [2.45, 2.75) is 26.4 Å². The molecule has 18 heavy (non-hydrogen) atoms. The summed E-state index contributed by atoms with van der Waals surface area (Å²) in [5, 5.41) is 3.39.